The monoisotopic (exact) mass is 299 g/mol. The molecule has 5 heteroatoms. The Kier molecular flexibility index (Phi) is 4.35. The van der Waals surface area contributed by atoms with Crippen LogP contribution >= 0.6 is 11.6 Å². The van der Waals surface area contributed by atoms with Gasteiger partial charge in [0.2, 0.25) is 0 Å². The van der Waals surface area contributed by atoms with E-state index in [2.05, 4.69) is 0 Å². The van der Waals surface area contributed by atoms with E-state index in [1.54, 1.807) is 12.1 Å². The third-order valence-corrected chi connectivity index (χ3v) is 3.29. The first kappa shape index (κ1) is 14.9. The van der Waals surface area contributed by atoms with Crippen molar-refractivity contribution in [2.75, 3.05) is 0 Å². The number of hydrogen-bond donors (Lipinski definition) is 1. The van der Waals surface area contributed by atoms with Crippen molar-refractivity contribution in [3.8, 4) is 0 Å². The zero-order valence-corrected chi connectivity index (χ0v) is 11.2. The van der Waals surface area contributed by atoms with Crippen molar-refractivity contribution >= 4 is 11.6 Å². The quantitative estimate of drug-likeness (QED) is 0.880. The molecule has 2 rings (SSSR count). The Labute approximate surface area is 120 Å². The second kappa shape index (κ2) is 5.85. The molecule has 0 aliphatic carbocycles. The van der Waals surface area contributed by atoms with E-state index in [1.807, 2.05) is 12.1 Å². The molecule has 0 fully saturated rings. The summed E-state index contributed by atoms with van der Waals surface area (Å²) in [6.45, 7) is 0. The van der Waals surface area contributed by atoms with Crippen molar-refractivity contribution in [1.82, 2.24) is 0 Å². The van der Waals surface area contributed by atoms with Gasteiger partial charge in [-0.2, -0.15) is 13.2 Å². The molecule has 0 aliphatic rings. The Morgan fingerprint density at radius 3 is 2.00 bits per heavy atom. The van der Waals surface area contributed by atoms with E-state index in [4.69, 9.17) is 17.3 Å². The maximum absolute atomic E-state index is 12.5. The molecule has 2 N–H and O–H groups in total. The highest BCUT2D eigenvalue weighted by Crippen LogP contribution is 2.30. The maximum Gasteiger partial charge on any atom is 0.416 e. The van der Waals surface area contributed by atoms with E-state index in [9.17, 15) is 13.2 Å². The number of alkyl halides is 3. The zero-order valence-electron chi connectivity index (χ0n) is 10.5. The van der Waals surface area contributed by atoms with Crippen molar-refractivity contribution < 1.29 is 13.2 Å². The lowest BCUT2D eigenvalue weighted by Gasteiger charge is -2.14. The molecule has 0 amide bonds. The molecule has 0 saturated heterocycles. The second-order valence-corrected chi connectivity index (χ2v) is 4.99. The van der Waals surface area contributed by atoms with Gasteiger partial charge in [0.1, 0.15) is 0 Å². The predicted molar refractivity (Wildman–Crippen MR) is 73.5 cm³/mol. The van der Waals surface area contributed by atoms with Crippen LogP contribution in [0.2, 0.25) is 5.02 Å². The lowest BCUT2D eigenvalue weighted by atomic mass is 9.99. The smallest absolute Gasteiger partial charge is 0.324 e. The van der Waals surface area contributed by atoms with Crippen LogP contribution in [0.25, 0.3) is 0 Å². The largest absolute Gasteiger partial charge is 0.416 e. The van der Waals surface area contributed by atoms with Gasteiger partial charge in [0.15, 0.2) is 0 Å². The lowest BCUT2D eigenvalue weighted by molar-refractivity contribution is -0.137. The predicted octanol–water partition coefficient (Wildman–Crippen LogP) is 4.60. The summed E-state index contributed by atoms with van der Waals surface area (Å²) in [7, 11) is 0. The van der Waals surface area contributed by atoms with E-state index >= 15 is 0 Å². The molecule has 0 heterocycles. The maximum atomic E-state index is 12.5. The summed E-state index contributed by atoms with van der Waals surface area (Å²) >= 11 is 5.79. The van der Waals surface area contributed by atoms with Crippen LogP contribution in [0.5, 0.6) is 0 Å². The molecule has 2 aromatic carbocycles. The van der Waals surface area contributed by atoms with Crippen LogP contribution in [0.3, 0.4) is 0 Å². The second-order valence-electron chi connectivity index (χ2n) is 4.56. The Balaban J connectivity index is 2.09. The zero-order chi connectivity index (χ0) is 14.8. The van der Waals surface area contributed by atoms with Crippen molar-refractivity contribution in [3.63, 3.8) is 0 Å². The van der Waals surface area contributed by atoms with Gasteiger partial charge in [-0.3, -0.25) is 0 Å². The normalized spacial score (nSPS) is 13.2. The van der Waals surface area contributed by atoms with Crippen molar-refractivity contribution in [2.45, 2.75) is 18.6 Å². The first-order valence-corrected chi connectivity index (χ1v) is 6.41. The van der Waals surface area contributed by atoms with Crippen LogP contribution in [-0.4, -0.2) is 0 Å². The molecule has 20 heavy (non-hydrogen) atoms. The number of rotatable bonds is 3. The average Bonchev–Trinajstić information content (AvgIpc) is 2.40. The van der Waals surface area contributed by atoms with Crippen molar-refractivity contribution in [2.24, 2.45) is 5.73 Å². The summed E-state index contributed by atoms with van der Waals surface area (Å²) in [4.78, 5) is 0. The van der Waals surface area contributed by atoms with Crippen molar-refractivity contribution in [3.05, 3.63) is 70.2 Å². The fourth-order valence-electron chi connectivity index (χ4n) is 1.91. The molecule has 0 saturated carbocycles. The van der Waals surface area contributed by atoms with Gasteiger partial charge in [0, 0.05) is 11.1 Å². The summed E-state index contributed by atoms with van der Waals surface area (Å²) in [6.07, 6.45) is -3.78. The highest BCUT2D eigenvalue weighted by molar-refractivity contribution is 6.30. The summed E-state index contributed by atoms with van der Waals surface area (Å²) in [5.74, 6) is 0. The molecule has 0 bridgehead atoms. The van der Waals surface area contributed by atoms with Gasteiger partial charge in [-0.15, -0.1) is 0 Å². The summed E-state index contributed by atoms with van der Waals surface area (Å²) < 4.78 is 37.4. The van der Waals surface area contributed by atoms with Crippen LogP contribution in [-0.2, 0) is 12.6 Å². The highest BCUT2D eigenvalue weighted by Gasteiger charge is 2.30. The van der Waals surface area contributed by atoms with Crippen LogP contribution in [0.15, 0.2) is 48.5 Å². The Hall–Kier alpha value is -1.52. The van der Waals surface area contributed by atoms with E-state index < -0.39 is 11.7 Å². The van der Waals surface area contributed by atoms with Gasteiger partial charge in [-0.1, -0.05) is 35.9 Å². The molecule has 1 nitrogen and oxygen atoms in total. The Morgan fingerprint density at radius 2 is 1.50 bits per heavy atom. The van der Waals surface area contributed by atoms with Crippen LogP contribution < -0.4 is 5.73 Å². The van der Waals surface area contributed by atoms with Crippen molar-refractivity contribution in [1.29, 1.82) is 0 Å². The van der Waals surface area contributed by atoms with E-state index in [1.165, 1.54) is 12.1 Å². The fraction of sp³-hybridized carbons (Fsp3) is 0.200. The minimum absolute atomic E-state index is 0.349. The number of benzene rings is 2. The molecule has 0 aromatic heterocycles. The Morgan fingerprint density at radius 1 is 0.950 bits per heavy atom. The summed E-state index contributed by atoms with van der Waals surface area (Å²) in [5.41, 5.74) is 7.01. The number of hydrogen-bond acceptors (Lipinski definition) is 1. The number of nitrogens with two attached hydrogens (primary N) is 1. The van der Waals surface area contributed by atoms with Gasteiger partial charge in [0.05, 0.1) is 5.56 Å². The lowest BCUT2D eigenvalue weighted by Crippen LogP contribution is -2.14. The fourth-order valence-corrected chi connectivity index (χ4v) is 2.04. The molecule has 106 valence electrons. The van der Waals surface area contributed by atoms with Crippen LogP contribution in [0.4, 0.5) is 13.2 Å². The van der Waals surface area contributed by atoms with Gasteiger partial charge < -0.3 is 5.73 Å². The van der Waals surface area contributed by atoms with Gasteiger partial charge in [-0.05, 0) is 41.8 Å². The van der Waals surface area contributed by atoms with Gasteiger partial charge >= 0.3 is 6.18 Å². The third-order valence-electron chi connectivity index (χ3n) is 3.04. The molecule has 1 unspecified atom stereocenters. The molecule has 2 aromatic rings. The summed E-state index contributed by atoms with van der Waals surface area (Å²) in [6, 6.07) is 11.8. The first-order valence-electron chi connectivity index (χ1n) is 6.03. The van der Waals surface area contributed by atoms with Gasteiger partial charge in [0.25, 0.3) is 0 Å². The van der Waals surface area contributed by atoms with E-state index in [-0.39, 0.29) is 6.04 Å². The molecular formula is C15H13ClF3N. The molecule has 0 spiro atoms. The third kappa shape index (κ3) is 3.74. The molecule has 1 atom stereocenters. The van der Waals surface area contributed by atoms with Crippen LogP contribution in [0, 0.1) is 0 Å². The topological polar surface area (TPSA) is 26.0 Å². The van der Waals surface area contributed by atoms with Crippen LogP contribution in [0.1, 0.15) is 22.7 Å². The SMILES string of the molecule is NC(Cc1ccc(Cl)cc1)c1ccc(C(F)(F)F)cc1. The standard InChI is InChI=1S/C15H13ClF3N/c16-13-7-1-10(2-8-13)9-14(20)11-3-5-12(6-4-11)15(17,18)19/h1-8,14H,9,20H2. The Bertz CT molecular complexity index is 561. The summed E-state index contributed by atoms with van der Waals surface area (Å²) in [5, 5.41) is 0.636. The first-order chi connectivity index (χ1) is 9.36. The molecular weight excluding hydrogens is 287 g/mol. The molecule has 0 radical (unpaired) electrons. The minimum atomic E-state index is -4.32. The van der Waals surface area contributed by atoms with Gasteiger partial charge in [-0.25, -0.2) is 0 Å². The minimum Gasteiger partial charge on any atom is -0.324 e. The van der Waals surface area contributed by atoms with E-state index in [0.29, 0.717) is 17.0 Å². The van der Waals surface area contributed by atoms with E-state index in [0.717, 1.165) is 17.7 Å². The highest BCUT2D eigenvalue weighted by atomic mass is 35.5. The molecule has 0 aliphatic heterocycles. The average molecular weight is 300 g/mol. The number of halogens is 4.